The number of fused-ring (bicyclic) bond motifs is 1. The third-order valence-electron chi connectivity index (χ3n) is 3.14. The van der Waals surface area contributed by atoms with Crippen molar-refractivity contribution in [2.24, 2.45) is 0 Å². The third kappa shape index (κ3) is 2.58. The molecule has 0 aliphatic rings. The largest absolute Gasteiger partial charge is 0.322 e. The molecule has 1 amide bonds. The quantitative estimate of drug-likeness (QED) is 0.722. The molecule has 3 aromatic rings. The van der Waals surface area contributed by atoms with Crippen LogP contribution in [0.3, 0.4) is 0 Å². The van der Waals surface area contributed by atoms with E-state index in [4.69, 9.17) is 12.2 Å². The first-order valence-corrected chi connectivity index (χ1v) is 7.81. The van der Waals surface area contributed by atoms with Crippen molar-refractivity contribution < 1.29 is 4.79 Å². The summed E-state index contributed by atoms with van der Waals surface area (Å²) in [5.41, 5.74) is 2.58. The van der Waals surface area contributed by atoms with E-state index in [1.54, 1.807) is 12.1 Å². The maximum absolute atomic E-state index is 12.5. The summed E-state index contributed by atoms with van der Waals surface area (Å²) in [6, 6.07) is 4.94. The van der Waals surface area contributed by atoms with Gasteiger partial charge in [0.05, 0.1) is 5.39 Å². The number of carbonyl (C=O) groups is 1. The van der Waals surface area contributed by atoms with E-state index in [1.165, 1.54) is 23.7 Å². The summed E-state index contributed by atoms with van der Waals surface area (Å²) >= 11 is 6.66. The van der Waals surface area contributed by atoms with E-state index in [2.05, 4.69) is 15.4 Å². The van der Waals surface area contributed by atoms with Gasteiger partial charge >= 0.3 is 0 Å². The highest BCUT2D eigenvalue weighted by molar-refractivity contribution is 7.71. The molecule has 112 valence electrons. The average Bonchev–Trinajstić information content (AvgIpc) is 2.95. The van der Waals surface area contributed by atoms with Gasteiger partial charge in [-0.1, -0.05) is 6.92 Å². The van der Waals surface area contributed by atoms with Crippen LogP contribution in [-0.4, -0.2) is 20.6 Å². The van der Waals surface area contributed by atoms with E-state index in [-0.39, 0.29) is 10.3 Å². The van der Waals surface area contributed by atoms with Gasteiger partial charge in [0.1, 0.15) is 4.83 Å². The molecular weight excluding hydrogens is 320 g/mol. The van der Waals surface area contributed by atoms with Crippen molar-refractivity contribution in [2.45, 2.75) is 13.3 Å². The van der Waals surface area contributed by atoms with Crippen LogP contribution < -0.4 is 11.0 Å². The SMILES string of the molecule is CCc1cc2c(=O)n(NC(=O)c3ccncc3)c(=S)[nH]c2s1. The number of H-pyrrole nitrogens is 1. The Morgan fingerprint density at radius 1 is 1.45 bits per heavy atom. The van der Waals surface area contributed by atoms with Gasteiger partial charge < -0.3 is 4.98 Å². The number of hydrogen-bond acceptors (Lipinski definition) is 5. The molecule has 8 heteroatoms. The lowest BCUT2D eigenvalue weighted by Crippen LogP contribution is -2.34. The molecule has 0 aliphatic carbocycles. The van der Waals surface area contributed by atoms with Gasteiger partial charge in [-0.05, 0) is 36.8 Å². The van der Waals surface area contributed by atoms with Gasteiger partial charge in [-0.25, -0.2) is 0 Å². The number of aromatic nitrogens is 3. The molecule has 0 fully saturated rings. The second-order valence-corrected chi connectivity index (χ2v) is 6.08. The van der Waals surface area contributed by atoms with Crippen LogP contribution in [-0.2, 0) is 6.42 Å². The minimum Gasteiger partial charge on any atom is -0.322 e. The Hall–Kier alpha value is -2.32. The lowest BCUT2D eigenvalue weighted by molar-refractivity contribution is 0.101. The zero-order chi connectivity index (χ0) is 15.7. The fourth-order valence-corrected chi connectivity index (χ4v) is 3.29. The van der Waals surface area contributed by atoms with Crippen molar-refractivity contribution in [3.05, 3.63) is 56.2 Å². The molecule has 0 saturated heterocycles. The van der Waals surface area contributed by atoms with Crippen LogP contribution >= 0.6 is 23.6 Å². The smallest absolute Gasteiger partial charge is 0.282 e. The van der Waals surface area contributed by atoms with Crippen molar-refractivity contribution in [1.29, 1.82) is 0 Å². The maximum Gasteiger partial charge on any atom is 0.282 e. The van der Waals surface area contributed by atoms with Gasteiger partial charge in [-0.2, -0.15) is 4.68 Å². The van der Waals surface area contributed by atoms with Crippen LogP contribution in [0.2, 0.25) is 0 Å². The number of aryl methyl sites for hydroxylation is 1. The molecule has 0 aliphatic heterocycles. The summed E-state index contributed by atoms with van der Waals surface area (Å²) in [5.74, 6) is -0.422. The third-order valence-corrected chi connectivity index (χ3v) is 4.62. The normalized spacial score (nSPS) is 10.8. The first-order chi connectivity index (χ1) is 10.6. The average molecular weight is 332 g/mol. The molecule has 0 saturated carbocycles. The minimum absolute atomic E-state index is 0.157. The molecule has 0 radical (unpaired) electrons. The number of aromatic amines is 1. The fourth-order valence-electron chi connectivity index (χ4n) is 2.00. The first-order valence-electron chi connectivity index (χ1n) is 6.59. The molecule has 0 spiro atoms. The molecule has 0 bridgehead atoms. The molecule has 3 heterocycles. The fraction of sp³-hybridized carbons (Fsp3) is 0.143. The van der Waals surface area contributed by atoms with Crippen molar-refractivity contribution in [2.75, 3.05) is 5.43 Å². The molecule has 0 unspecified atom stereocenters. The molecule has 0 atom stereocenters. The Morgan fingerprint density at radius 2 is 2.18 bits per heavy atom. The number of thiophene rings is 1. The summed E-state index contributed by atoms with van der Waals surface area (Å²) in [5, 5.41) is 0.519. The molecular formula is C14H12N4O2S2. The molecule has 3 aromatic heterocycles. The Bertz CT molecular complexity index is 956. The molecule has 0 aromatic carbocycles. The standard InChI is InChI=1S/C14H12N4O2S2/c1-2-9-7-10-12(22-9)16-14(21)18(13(10)20)17-11(19)8-3-5-15-6-4-8/h3-7H,2H2,1H3,(H,16,21)(H,17,19). The molecule has 22 heavy (non-hydrogen) atoms. The zero-order valence-corrected chi connectivity index (χ0v) is 13.3. The predicted molar refractivity (Wildman–Crippen MR) is 88.6 cm³/mol. The topological polar surface area (TPSA) is 79.8 Å². The number of pyridine rings is 1. The zero-order valence-electron chi connectivity index (χ0n) is 11.6. The summed E-state index contributed by atoms with van der Waals surface area (Å²) in [4.78, 5) is 33.3. The van der Waals surface area contributed by atoms with E-state index in [0.717, 1.165) is 20.8 Å². The van der Waals surface area contributed by atoms with Gasteiger partial charge in [0.15, 0.2) is 0 Å². The van der Waals surface area contributed by atoms with Gasteiger partial charge in [-0.15, -0.1) is 11.3 Å². The van der Waals surface area contributed by atoms with Crippen LogP contribution in [0.25, 0.3) is 10.2 Å². The van der Waals surface area contributed by atoms with E-state index < -0.39 is 5.91 Å². The van der Waals surface area contributed by atoms with Crippen LogP contribution in [0.4, 0.5) is 0 Å². The van der Waals surface area contributed by atoms with Crippen molar-refractivity contribution in [1.82, 2.24) is 14.6 Å². The highest BCUT2D eigenvalue weighted by atomic mass is 32.1. The number of nitrogens with one attached hydrogen (secondary N) is 2. The van der Waals surface area contributed by atoms with E-state index in [1.807, 2.05) is 13.0 Å². The van der Waals surface area contributed by atoms with Crippen molar-refractivity contribution in [3.63, 3.8) is 0 Å². The van der Waals surface area contributed by atoms with Gasteiger partial charge in [0.25, 0.3) is 11.5 Å². The monoisotopic (exact) mass is 332 g/mol. The molecule has 2 N–H and O–H groups in total. The summed E-state index contributed by atoms with van der Waals surface area (Å²) in [7, 11) is 0. The minimum atomic E-state index is -0.422. The Morgan fingerprint density at radius 3 is 2.86 bits per heavy atom. The molecule has 3 rings (SSSR count). The number of nitrogens with zero attached hydrogens (tertiary/aromatic N) is 2. The highest BCUT2D eigenvalue weighted by Gasteiger charge is 2.12. The van der Waals surface area contributed by atoms with Crippen LogP contribution in [0.5, 0.6) is 0 Å². The van der Waals surface area contributed by atoms with Gasteiger partial charge in [0, 0.05) is 22.8 Å². The van der Waals surface area contributed by atoms with E-state index in [0.29, 0.717) is 10.9 Å². The predicted octanol–water partition coefficient (Wildman–Crippen LogP) is 2.46. The number of amides is 1. The van der Waals surface area contributed by atoms with Gasteiger partial charge in [-0.3, -0.25) is 20.0 Å². The number of carbonyl (C=O) groups excluding carboxylic acids is 1. The van der Waals surface area contributed by atoms with Gasteiger partial charge in [0.2, 0.25) is 4.77 Å². The van der Waals surface area contributed by atoms with Crippen LogP contribution in [0.15, 0.2) is 35.4 Å². The summed E-state index contributed by atoms with van der Waals surface area (Å²) < 4.78 is 1.22. The van der Waals surface area contributed by atoms with Crippen molar-refractivity contribution in [3.8, 4) is 0 Å². The maximum atomic E-state index is 12.5. The van der Waals surface area contributed by atoms with Crippen LogP contribution in [0.1, 0.15) is 22.2 Å². The first kappa shape index (κ1) is 14.6. The Kier molecular flexibility index (Phi) is 3.86. The van der Waals surface area contributed by atoms with E-state index >= 15 is 0 Å². The molecule has 6 nitrogen and oxygen atoms in total. The second kappa shape index (κ2) is 5.82. The Labute approximate surface area is 134 Å². The highest BCUT2D eigenvalue weighted by Crippen LogP contribution is 2.21. The summed E-state index contributed by atoms with van der Waals surface area (Å²) in [6.45, 7) is 2.02. The number of rotatable bonds is 3. The Balaban J connectivity index is 2.06. The lowest BCUT2D eigenvalue weighted by atomic mass is 10.2. The summed E-state index contributed by atoms with van der Waals surface area (Å²) in [6.07, 6.45) is 3.85. The van der Waals surface area contributed by atoms with E-state index in [9.17, 15) is 9.59 Å². The lowest BCUT2D eigenvalue weighted by Gasteiger charge is -2.08. The number of hydrogen-bond donors (Lipinski definition) is 2. The van der Waals surface area contributed by atoms with Crippen molar-refractivity contribution >= 4 is 39.7 Å². The van der Waals surface area contributed by atoms with Crippen LogP contribution in [0, 0.1) is 4.77 Å². The second-order valence-electron chi connectivity index (χ2n) is 4.56.